The summed E-state index contributed by atoms with van der Waals surface area (Å²) in [5.74, 6) is -3.80. The van der Waals surface area contributed by atoms with Gasteiger partial charge in [0.25, 0.3) is 5.92 Å². The molecule has 0 atom stereocenters. The lowest BCUT2D eigenvalue weighted by atomic mass is 10.00. The summed E-state index contributed by atoms with van der Waals surface area (Å²) in [5.41, 5.74) is 0.425. The molecule has 170 valence electrons. The Morgan fingerprint density at radius 1 is 1.28 bits per heavy atom. The smallest absolute Gasteiger partial charge is 0.387 e. The molecule has 1 aliphatic carbocycles. The summed E-state index contributed by atoms with van der Waals surface area (Å²) in [7, 11) is 1.32. The van der Waals surface area contributed by atoms with Crippen molar-refractivity contribution in [1.82, 2.24) is 9.38 Å². The van der Waals surface area contributed by atoms with E-state index in [4.69, 9.17) is 9.84 Å². The summed E-state index contributed by atoms with van der Waals surface area (Å²) in [6.07, 6.45) is 4.76. The SMILES string of the molecule is COc1cc(-c2cnc3cc(C(F)(F)CO)ccn23)cc(OC(F)F)c1C(=O)CC1CC1. The molecule has 1 fully saturated rings. The van der Waals surface area contributed by atoms with Gasteiger partial charge in [0.2, 0.25) is 0 Å². The van der Waals surface area contributed by atoms with Crippen LogP contribution in [-0.2, 0) is 5.92 Å². The number of pyridine rings is 1. The van der Waals surface area contributed by atoms with Gasteiger partial charge >= 0.3 is 6.61 Å². The Morgan fingerprint density at radius 3 is 2.62 bits per heavy atom. The number of hydrogen-bond donors (Lipinski definition) is 1. The fraction of sp³-hybridized carbons (Fsp3) is 0.364. The fourth-order valence-corrected chi connectivity index (χ4v) is 3.56. The zero-order chi connectivity index (χ0) is 23.0. The van der Waals surface area contributed by atoms with Gasteiger partial charge in [0, 0.05) is 23.7 Å². The van der Waals surface area contributed by atoms with E-state index in [2.05, 4.69) is 9.72 Å². The van der Waals surface area contributed by atoms with Gasteiger partial charge in [-0.2, -0.15) is 17.6 Å². The number of rotatable bonds is 9. The first kappa shape index (κ1) is 22.1. The van der Waals surface area contributed by atoms with Gasteiger partial charge in [0.1, 0.15) is 29.3 Å². The zero-order valence-electron chi connectivity index (χ0n) is 17.0. The minimum atomic E-state index is -3.43. The number of Topliss-reactive ketones (excluding diaryl/α,β-unsaturated/α-hetero) is 1. The van der Waals surface area contributed by atoms with Gasteiger partial charge in [-0.05, 0) is 43.0 Å². The fourth-order valence-electron chi connectivity index (χ4n) is 3.56. The van der Waals surface area contributed by atoms with Crippen molar-refractivity contribution < 1.29 is 36.9 Å². The molecule has 2 heterocycles. The average molecular weight is 452 g/mol. The van der Waals surface area contributed by atoms with Gasteiger partial charge in [-0.1, -0.05) is 0 Å². The first-order chi connectivity index (χ1) is 15.2. The molecular weight excluding hydrogens is 432 g/mol. The minimum Gasteiger partial charge on any atom is -0.496 e. The Morgan fingerprint density at radius 2 is 2.00 bits per heavy atom. The highest BCUT2D eigenvalue weighted by Crippen LogP contribution is 2.40. The van der Waals surface area contributed by atoms with E-state index >= 15 is 0 Å². The number of alkyl halides is 4. The summed E-state index contributed by atoms with van der Waals surface area (Å²) in [5, 5.41) is 8.90. The van der Waals surface area contributed by atoms with Gasteiger partial charge in [-0.25, -0.2) is 4.98 Å². The number of aliphatic hydroxyl groups excluding tert-OH is 1. The Labute approximate surface area is 180 Å². The van der Waals surface area contributed by atoms with Crippen molar-refractivity contribution in [1.29, 1.82) is 0 Å². The van der Waals surface area contributed by atoms with E-state index in [9.17, 15) is 22.4 Å². The Kier molecular flexibility index (Phi) is 5.81. The molecule has 0 aliphatic heterocycles. The minimum absolute atomic E-state index is 0.0536. The van der Waals surface area contributed by atoms with Crippen LogP contribution in [0.2, 0.25) is 0 Å². The standard InChI is InChI=1S/C22H20F4N2O4/c1-31-17-7-13(8-18(32-21(23)24)20(17)16(30)6-12-2-3-12)15-10-27-19-9-14(4-5-28(15)19)22(25,26)11-29/h4-5,7-10,12,21,29H,2-3,6,11H2,1H3. The molecule has 0 unspecified atom stereocenters. The molecule has 1 N–H and O–H groups in total. The van der Waals surface area contributed by atoms with Crippen LogP contribution in [0.15, 0.2) is 36.7 Å². The summed E-state index contributed by atoms with van der Waals surface area (Å²) >= 11 is 0. The van der Waals surface area contributed by atoms with E-state index in [0.717, 1.165) is 25.0 Å². The summed E-state index contributed by atoms with van der Waals surface area (Å²) < 4.78 is 65.3. The number of aliphatic hydroxyl groups is 1. The summed E-state index contributed by atoms with van der Waals surface area (Å²) in [6.45, 7) is -4.51. The van der Waals surface area contributed by atoms with Crippen LogP contribution in [0.4, 0.5) is 17.6 Å². The molecule has 0 spiro atoms. The van der Waals surface area contributed by atoms with Crippen LogP contribution in [0.5, 0.6) is 11.5 Å². The van der Waals surface area contributed by atoms with Crippen molar-refractivity contribution in [2.75, 3.05) is 13.7 Å². The number of carbonyl (C=O) groups is 1. The number of carbonyl (C=O) groups excluding carboxylic acids is 1. The average Bonchev–Trinajstić information content (AvgIpc) is 3.47. The first-order valence-electron chi connectivity index (χ1n) is 9.90. The molecule has 0 amide bonds. The quantitative estimate of drug-likeness (QED) is 0.377. The van der Waals surface area contributed by atoms with Crippen molar-refractivity contribution in [3.05, 3.63) is 47.8 Å². The van der Waals surface area contributed by atoms with E-state index in [1.54, 1.807) is 0 Å². The number of nitrogens with zero attached hydrogens (tertiary/aromatic N) is 2. The Bertz CT molecular complexity index is 1160. The van der Waals surface area contributed by atoms with E-state index in [0.29, 0.717) is 11.3 Å². The van der Waals surface area contributed by atoms with Gasteiger partial charge < -0.3 is 14.6 Å². The maximum absolute atomic E-state index is 13.8. The molecule has 32 heavy (non-hydrogen) atoms. The molecule has 3 aromatic rings. The molecule has 4 rings (SSSR count). The molecule has 1 saturated carbocycles. The molecule has 10 heteroatoms. The summed E-state index contributed by atoms with van der Waals surface area (Å²) in [6, 6.07) is 5.05. The number of ether oxygens (including phenoxy) is 2. The van der Waals surface area contributed by atoms with Crippen molar-refractivity contribution in [3.63, 3.8) is 0 Å². The van der Waals surface area contributed by atoms with E-state index in [-0.39, 0.29) is 40.8 Å². The van der Waals surface area contributed by atoms with Crippen LogP contribution in [0, 0.1) is 5.92 Å². The number of benzene rings is 1. The molecule has 6 nitrogen and oxygen atoms in total. The van der Waals surface area contributed by atoms with Gasteiger partial charge in [-0.3, -0.25) is 9.20 Å². The van der Waals surface area contributed by atoms with E-state index in [1.165, 1.54) is 36.0 Å². The van der Waals surface area contributed by atoms with Gasteiger partial charge in [0.05, 0.1) is 19.0 Å². The Balaban J connectivity index is 1.81. The lowest BCUT2D eigenvalue weighted by molar-refractivity contribution is -0.0556. The normalized spacial score (nSPS) is 14.2. The maximum atomic E-state index is 13.8. The van der Waals surface area contributed by atoms with Crippen LogP contribution in [0.1, 0.15) is 35.2 Å². The highest BCUT2D eigenvalue weighted by Gasteiger charge is 2.32. The molecule has 0 saturated heterocycles. The Hall–Kier alpha value is -3.14. The predicted octanol–water partition coefficient (Wildman–Crippen LogP) is 4.68. The first-order valence-corrected chi connectivity index (χ1v) is 9.90. The van der Waals surface area contributed by atoms with Crippen molar-refractivity contribution in [2.45, 2.75) is 31.8 Å². The zero-order valence-corrected chi connectivity index (χ0v) is 17.0. The molecular formula is C22H20F4N2O4. The molecule has 0 bridgehead atoms. The largest absolute Gasteiger partial charge is 0.496 e. The van der Waals surface area contributed by atoms with E-state index in [1.807, 2.05) is 0 Å². The molecule has 1 aromatic carbocycles. The van der Waals surface area contributed by atoms with Crippen molar-refractivity contribution in [3.8, 4) is 22.8 Å². The third kappa shape index (κ3) is 4.27. The van der Waals surface area contributed by atoms with E-state index < -0.39 is 24.7 Å². The second-order valence-corrected chi connectivity index (χ2v) is 7.65. The summed E-state index contributed by atoms with van der Waals surface area (Å²) in [4.78, 5) is 16.8. The molecule has 2 aromatic heterocycles. The van der Waals surface area contributed by atoms with Crippen LogP contribution in [0.25, 0.3) is 16.9 Å². The van der Waals surface area contributed by atoms with Crippen molar-refractivity contribution in [2.24, 2.45) is 5.92 Å². The highest BCUT2D eigenvalue weighted by molar-refractivity contribution is 6.02. The topological polar surface area (TPSA) is 73.1 Å². The number of halogens is 4. The second kappa shape index (κ2) is 8.42. The second-order valence-electron chi connectivity index (χ2n) is 7.65. The highest BCUT2D eigenvalue weighted by atomic mass is 19.3. The number of aromatic nitrogens is 2. The van der Waals surface area contributed by atoms with Crippen LogP contribution < -0.4 is 9.47 Å². The van der Waals surface area contributed by atoms with Gasteiger partial charge in [-0.15, -0.1) is 0 Å². The van der Waals surface area contributed by atoms with Crippen molar-refractivity contribution >= 4 is 11.4 Å². The third-order valence-electron chi connectivity index (χ3n) is 5.38. The maximum Gasteiger partial charge on any atom is 0.387 e. The predicted molar refractivity (Wildman–Crippen MR) is 106 cm³/mol. The lowest BCUT2D eigenvalue weighted by Gasteiger charge is -2.16. The number of imidazole rings is 1. The van der Waals surface area contributed by atoms with Crippen LogP contribution >= 0.6 is 0 Å². The number of methoxy groups -OCH3 is 1. The molecule has 0 radical (unpaired) electrons. The number of hydrogen-bond acceptors (Lipinski definition) is 5. The van der Waals surface area contributed by atoms with Crippen LogP contribution in [0.3, 0.4) is 0 Å². The van der Waals surface area contributed by atoms with Crippen LogP contribution in [-0.4, -0.2) is 40.6 Å². The number of ketones is 1. The van der Waals surface area contributed by atoms with Gasteiger partial charge in [0.15, 0.2) is 5.78 Å². The molecule has 1 aliphatic rings. The monoisotopic (exact) mass is 452 g/mol. The number of fused-ring (bicyclic) bond motifs is 1. The third-order valence-corrected chi connectivity index (χ3v) is 5.38. The lowest BCUT2D eigenvalue weighted by Crippen LogP contribution is -2.18.